The molecule has 2 fully saturated rings. The molecule has 0 radical (unpaired) electrons. The van der Waals surface area contributed by atoms with Crippen molar-refractivity contribution in [2.45, 2.75) is 51.4 Å². The molecule has 124 valence electrons. The van der Waals surface area contributed by atoms with Crippen LogP contribution in [-0.2, 0) is 5.41 Å². The zero-order valence-corrected chi connectivity index (χ0v) is 14.1. The van der Waals surface area contributed by atoms with Crippen molar-refractivity contribution in [3.05, 3.63) is 29.3 Å². The monoisotopic (exact) mass is 315 g/mol. The van der Waals surface area contributed by atoms with Crippen LogP contribution in [0.25, 0.3) is 11.0 Å². The van der Waals surface area contributed by atoms with E-state index in [9.17, 15) is 4.39 Å². The Hall–Kier alpha value is -1.42. The van der Waals surface area contributed by atoms with Gasteiger partial charge in [0.1, 0.15) is 11.6 Å². The summed E-state index contributed by atoms with van der Waals surface area (Å²) in [5.41, 5.74) is 3.09. The number of nitrogens with one attached hydrogen (secondary N) is 2. The van der Waals surface area contributed by atoms with Gasteiger partial charge in [0.15, 0.2) is 0 Å². The molecule has 2 unspecified atom stereocenters. The van der Waals surface area contributed by atoms with Crippen molar-refractivity contribution in [3.63, 3.8) is 0 Å². The fourth-order valence-electron chi connectivity index (χ4n) is 5.42. The Labute approximate surface area is 137 Å². The number of fused-ring (bicyclic) bond motifs is 3. The van der Waals surface area contributed by atoms with Crippen LogP contribution in [0.3, 0.4) is 0 Å². The third kappa shape index (κ3) is 2.22. The average molecular weight is 315 g/mol. The maximum atomic E-state index is 14.4. The molecular formula is C19H26FN3. The molecular weight excluding hydrogens is 289 g/mol. The highest BCUT2D eigenvalue weighted by Crippen LogP contribution is 2.53. The summed E-state index contributed by atoms with van der Waals surface area (Å²) in [6.45, 7) is 6.32. The van der Waals surface area contributed by atoms with Crippen molar-refractivity contribution >= 4 is 11.0 Å². The standard InChI is InChI=1S/C19H26FN3/c1-3-7-19(13-5-4-6-14(19)11-21-10-13)16-8-15(20)9-17-18(16)23-12(2)22-17/h8-9,13-14,21H,3-7,10-11H2,1-2H3,(H,22,23). The van der Waals surface area contributed by atoms with Crippen molar-refractivity contribution in [1.29, 1.82) is 0 Å². The van der Waals surface area contributed by atoms with E-state index in [2.05, 4.69) is 17.2 Å². The number of imidazole rings is 1. The van der Waals surface area contributed by atoms with Gasteiger partial charge in [-0.2, -0.15) is 0 Å². The molecule has 1 aliphatic heterocycles. The second kappa shape index (κ2) is 5.59. The predicted octanol–water partition coefficient (Wildman–Crippen LogP) is 4.07. The van der Waals surface area contributed by atoms with E-state index < -0.39 is 0 Å². The number of rotatable bonds is 3. The summed E-state index contributed by atoms with van der Waals surface area (Å²) < 4.78 is 14.4. The number of aryl methyl sites for hydroxylation is 1. The molecule has 1 aromatic carbocycles. The molecule has 2 bridgehead atoms. The number of hydrogen-bond donors (Lipinski definition) is 2. The number of piperidine rings is 1. The first-order valence-electron chi connectivity index (χ1n) is 9.02. The number of nitrogens with zero attached hydrogens (tertiary/aromatic N) is 1. The third-order valence-corrected chi connectivity index (χ3v) is 6.18. The van der Waals surface area contributed by atoms with Crippen molar-refractivity contribution in [2.75, 3.05) is 13.1 Å². The van der Waals surface area contributed by atoms with E-state index in [0.29, 0.717) is 11.8 Å². The summed E-state index contributed by atoms with van der Waals surface area (Å²) in [4.78, 5) is 7.98. The maximum Gasteiger partial charge on any atom is 0.125 e. The second-order valence-electron chi connectivity index (χ2n) is 7.45. The molecule has 2 atom stereocenters. The molecule has 2 aliphatic rings. The Morgan fingerprint density at radius 3 is 2.70 bits per heavy atom. The van der Waals surface area contributed by atoms with Crippen LogP contribution in [0.4, 0.5) is 4.39 Å². The van der Waals surface area contributed by atoms with Crippen molar-refractivity contribution < 1.29 is 4.39 Å². The zero-order valence-electron chi connectivity index (χ0n) is 14.1. The highest BCUT2D eigenvalue weighted by atomic mass is 19.1. The van der Waals surface area contributed by atoms with Gasteiger partial charge in [-0.25, -0.2) is 9.37 Å². The van der Waals surface area contributed by atoms with Gasteiger partial charge in [0.2, 0.25) is 0 Å². The van der Waals surface area contributed by atoms with Gasteiger partial charge < -0.3 is 10.3 Å². The van der Waals surface area contributed by atoms with E-state index >= 15 is 0 Å². The van der Waals surface area contributed by atoms with Crippen LogP contribution < -0.4 is 5.32 Å². The fourth-order valence-corrected chi connectivity index (χ4v) is 5.42. The van der Waals surface area contributed by atoms with Crippen LogP contribution in [0.2, 0.25) is 0 Å². The van der Waals surface area contributed by atoms with Gasteiger partial charge in [-0.15, -0.1) is 0 Å². The minimum atomic E-state index is -0.136. The molecule has 23 heavy (non-hydrogen) atoms. The molecule has 0 spiro atoms. The Morgan fingerprint density at radius 1 is 1.26 bits per heavy atom. The summed E-state index contributed by atoms with van der Waals surface area (Å²) in [6.07, 6.45) is 6.05. The number of aromatic nitrogens is 2. The Bertz CT molecular complexity index is 699. The van der Waals surface area contributed by atoms with Gasteiger partial charge in [0.25, 0.3) is 0 Å². The van der Waals surface area contributed by atoms with Crippen LogP contribution in [0.5, 0.6) is 0 Å². The molecule has 2 heterocycles. The Morgan fingerprint density at radius 2 is 2.00 bits per heavy atom. The van der Waals surface area contributed by atoms with E-state index in [4.69, 9.17) is 4.98 Å². The lowest BCUT2D eigenvalue weighted by molar-refractivity contribution is 0.0585. The van der Waals surface area contributed by atoms with Crippen LogP contribution in [-0.4, -0.2) is 23.1 Å². The summed E-state index contributed by atoms with van der Waals surface area (Å²) in [5, 5.41) is 3.62. The SMILES string of the molecule is CCCC1(c2cc(F)cc3[nH]c(C)nc23)C2CCCC1CNC2. The van der Waals surface area contributed by atoms with Crippen molar-refractivity contribution in [2.24, 2.45) is 11.8 Å². The Balaban J connectivity index is 1.97. The number of benzene rings is 1. The molecule has 2 aromatic rings. The summed E-state index contributed by atoms with van der Waals surface area (Å²) in [7, 11) is 0. The first-order chi connectivity index (χ1) is 11.1. The number of H-pyrrole nitrogens is 1. The van der Waals surface area contributed by atoms with Gasteiger partial charge in [0.05, 0.1) is 11.0 Å². The van der Waals surface area contributed by atoms with E-state index in [-0.39, 0.29) is 11.2 Å². The summed E-state index contributed by atoms with van der Waals surface area (Å²) in [6, 6.07) is 3.38. The average Bonchev–Trinajstić information content (AvgIpc) is 2.86. The topological polar surface area (TPSA) is 40.7 Å². The van der Waals surface area contributed by atoms with Gasteiger partial charge >= 0.3 is 0 Å². The molecule has 3 nitrogen and oxygen atoms in total. The van der Waals surface area contributed by atoms with Crippen LogP contribution in [0, 0.1) is 24.6 Å². The second-order valence-corrected chi connectivity index (χ2v) is 7.45. The molecule has 2 N–H and O–H groups in total. The number of aromatic amines is 1. The predicted molar refractivity (Wildman–Crippen MR) is 91.1 cm³/mol. The van der Waals surface area contributed by atoms with E-state index in [1.807, 2.05) is 6.92 Å². The lowest BCUT2D eigenvalue weighted by Crippen LogP contribution is -2.57. The van der Waals surface area contributed by atoms with Crippen LogP contribution in [0.15, 0.2) is 12.1 Å². The normalized spacial score (nSPS) is 30.7. The van der Waals surface area contributed by atoms with Crippen molar-refractivity contribution in [3.8, 4) is 0 Å². The maximum absolute atomic E-state index is 14.4. The number of halogens is 1. The molecule has 4 heteroatoms. The Kier molecular flexibility index (Phi) is 3.67. The summed E-state index contributed by atoms with van der Waals surface area (Å²) >= 11 is 0. The molecule has 1 saturated carbocycles. The minimum Gasteiger partial charge on any atom is -0.342 e. The molecule has 1 saturated heterocycles. The molecule has 1 aromatic heterocycles. The van der Waals surface area contributed by atoms with E-state index in [1.165, 1.54) is 19.3 Å². The highest BCUT2D eigenvalue weighted by Gasteiger charge is 2.51. The minimum absolute atomic E-state index is 0.0836. The third-order valence-electron chi connectivity index (χ3n) is 6.18. The van der Waals surface area contributed by atoms with Gasteiger partial charge in [-0.1, -0.05) is 19.8 Å². The highest BCUT2D eigenvalue weighted by molar-refractivity contribution is 5.80. The van der Waals surface area contributed by atoms with Crippen molar-refractivity contribution in [1.82, 2.24) is 15.3 Å². The first-order valence-corrected chi connectivity index (χ1v) is 9.02. The lowest BCUT2D eigenvalue weighted by Gasteiger charge is -2.54. The summed E-state index contributed by atoms with van der Waals surface area (Å²) in [5.74, 6) is 1.93. The largest absolute Gasteiger partial charge is 0.342 e. The van der Waals surface area contributed by atoms with Crippen LogP contribution in [0.1, 0.15) is 50.4 Å². The molecule has 0 amide bonds. The quantitative estimate of drug-likeness (QED) is 0.896. The molecule has 1 aliphatic carbocycles. The number of hydrogen-bond acceptors (Lipinski definition) is 2. The lowest BCUT2D eigenvalue weighted by atomic mass is 9.53. The molecule has 4 rings (SSSR count). The van der Waals surface area contributed by atoms with E-state index in [1.54, 1.807) is 12.1 Å². The van der Waals surface area contributed by atoms with Gasteiger partial charge in [-0.05, 0) is 68.8 Å². The first kappa shape index (κ1) is 15.1. The van der Waals surface area contributed by atoms with E-state index in [0.717, 1.165) is 48.4 Å². The smallest absolute Gasteiger partial charge is 0.125 e. The van der Waals surface area contributed by atoms with Gasteiger partial charge in [0, 0.05) is 5.41 Å². The van der Waals surface area contributed by atoms with Gasteiger partial charge in [-0.3, -0.25) is 0 Å². The zero-order chi connectivity index (χ0) is 16.0. The fraction of sp³-hybridized carbons (Fsp3) is 0.632. The van der Waals surface area contributed by atoms with Crippen LogP contribution >= 0.6 is 0 Å².